The summed E-state index contributed by atoms with van der Waals surface area (Å²) in [5.41, 5.74) is 0.536. The zero-order valence-corrected chi connectivity index (χ0v) is 17.8. The number of ether oxygens (including phenoxy) is 2. The number of carboxylic acids is 1. The van der Waals surface area contributed by atoms with Gasteiger partial charge in [0.1, 0.15) is 18.0 Å². The Hall–Kier alpha value is -2.28. The molecule has 0 bridgehead atoms. The largest absolute Gasteiger partial charge is 0.492 e. The number of alkyl carbamates (subject to hydrolysis) is 1. The van der Waals surface area contributed by atoms with E-state index in [1.54, 1.807) is 0 Å². The third-order valence-corrected chi connectivity index (χ3v) is 4.87. The van der Waals surface area contributed by atoms with E-state index in [0.717, 1.165) is 43.8 Å². The summed E-state index contributed by atoms with van der Waals surface area (Å²) in [6.07, 6.45) is 2.43. The number of rotatable bonds is 9. The molecule has 0 unspecified atom stereocenters. The van der Waals surface area contributed by atoms with Crippen molar-refractivity contribution in [2.75, 3.05) is 32.8 Å². The lowest BCUT2D eigenvalue weighted by atomic mass is 9.97. The van der Waals surface area contributed by atoms with Gasteiger partial charge in [0, 0.05) is 19.5 Å². The average Bonchev–Trinajstić information content (AvgIpc) is 2.65. The van der Waals surface area contributed by atoms with Crippen LogP contribution >= 0.6 is 0 Å². The minimum absolute atomic E-state index is 0.142. The number of nitrogens with one attached hydrogen (secondary N) is 1. The fraction of sp³-hybridized carbons (Fsp3) is 0.636. The second kappa shape index (κ2) is 11.0. The predicted octanol–water partition coefficient (Wildman–Crippen LogP) is 3.32. The number of hydrogen-bond donors (Lipinski definition) is 2. The standard InChI is InChI=1S/C22H34N2O5/c1-22(2,3)29-21(27)23-16-18-10-12-24(13-11-18)14-15-28-19-7-4-17(5-8-19)6-9-20(25)26/h4-5,7-8,18H,6,9-16H2,1-3H3,(H,23,27)(H,25,26). The summed E-state index contributed by atoms with van der Waals surface area (Å²) in [5, 5.41) is 11.6. The van der Waals surface area contributed by atoms with E-state index in [9.17, 15) is 9.59 Å². The number of nitrogens with zero attached hydrogens (tertiary/aromatic N) is 1. The van der Waals surface area contributed by atoms with Gasteiger partial charge in [0.2, 0.25) is 0 Å². The molecule has 2 rings (SSSR count). The van der Waals surface area contributed by atoms with Crippen molar-refractivity contribution in [3.05, 3.63) is 29.8 Å². The van der Waals surface area contributed by atoms with E-state index in [1.165, 1.54) is 0 Å². The number of aryl methyl sites for hydroxylation is 1. The first-order chi connectivity index (χ1) is 13.7. The number of aliphatic carboxylic acids is 1. The van der Waals surface area contributed by atoms with E-state index in [4.69, 9.17) is 14.6 Å². The minimum atomic E-state index is -0.783. The quantitative estimate of drug-likeness (QED) is 0.654. The van der Waals surface area contributed by atoms with Gasteiger partial charge in [-0.05, 0) is 76.7 Å². The first kappa shape index (κ1) is 23.0. The molecular formula is C22H34N2O5. The number of carboxylic acid groups (broad SMARTS) is 1. The third-order valence-electron chi connectivity index (χ3n) is 4.87. The second-order valence-electron chi connectivity index (χ2n) is 8.55. The molecule has 7 nitrogen and oxygen atoms in total. The van der Waals surface area contributed by atoms with Crippen molar-refractivity contribution < 1.29 is 24.2 Å². The highest BCUT2D eigenvalue weighted by atomic mass is 16.6. The lowest BCUT2D eigenvalue weighted by Crippen LogP contribution is -2.41. The first-order valence-corrected chi connectivity index (χ1v) is 10.3. The summed E-state index contributed by atoms with van der Waals surface area (Å²) in [5.74, 6) is 0.508. The molecule has 7 heteroatoms. The van der Waals surface area contributed by atoms with Crippen molar-refractivity contribution in [3.8, 4) is 5.75 Å². The average molecular weight is 407 g/mol. The number of hydrogen-bond acceptors (Lipinski definition) is 5. The second-order valence-corrected chi connectivity index (χ2v) is 8.55. The van der Waals surface area contributed by atoms with Gasteiger partial charge in [0.25, 0.3) is 0 Å². The summed E-state index contributed by atoms with van der Waals surface area (Å²) in [6, 6.07) is 7.63. The molecule has 1 heterocycles. The van der Waals surface area contributed by atoms with Crippen molar-refractivity contribution in [3.63, 3.8) is 0 Å². The Kier molecular flexibility index (Phi) is 8.76. The van der Waals surface area contributed by atoms with Gasteiger partial charge < -0.3 is 19.9 Å². The van der Waals surface area contributed by atoms with Gasteiger partial charge >= 0.3 is 12.1 Å². The summed E-state index contributed by atoms with van der Waals surface area (Å²) in [6.45, 7) is 9.73. The van der Waals surface area contributed by atoms with Gasteiger partial charge in [0.05, 0.1) is 0 Å². The zero-order valence-electron chi connectivity index (χ0n) is 17.8. The van der Waals surface area contributed by atoms with Gasteiger partial charge in [-0.25, -0.2) is 4.79 Å². The lowest BCUT2D eigenvalue weighted by molar-refractivity contribution is -0.136. The molecule has 0 radical (unpaired) electrons. The van der Waals surface area contributed by atoms with Crippen molar-refractivity contribution in [2.24, 2.45) is 5.92 Å². The molecule has 1 amide bonds. The van der Waals surface area contributed by atoms with E-state index in [2.05, 4.69) is 10.2 Å². The highest BCUT2D eigenvalue weighted by Gasteiger charge is 2.21. The molecule has 0 spiro atoms. The highest BCUT2D eigenvalue weighted by molar-refractivity contribution is 5.67. The molecule has 2 N–H and O–H groups in total. The third kappa shape index (κ3) is 9.65. The van der Waals surface area contributed by atoms with Gasteiger partial charge in [-0.2, -0.15) is 0 Å². The van der Waals surface area contributed by atoms with E-state index >= 15 is 0 Å². The highest BCUT2D eigenvalue weighted by Crippen LogP contribution is 2.17. The Labute approximate surface area is 173 Å². The van der Waals surface area contributed by atoms with Gasteiger partial charge in [-0.1, -0.05) is 12.1 Å². The topological polar surface area (TPSA) is 88.1 Å². The Balaban J connectivity index is 1.59. The number of carbonyl (C=O) groups excluding carboxylic acids is 1. The maximum Gasteiger partial charge on any atom is 0.407 e. The van der Waals surface area contributed by atoms with Crippen LogP contribution < -0.4 is 10.1 Å². The van der Waals surface area contributed by atoms with E-state index in [1.807, 2.05) is 45.0 Å². The summed E-state index contributed by atoms with van der Waals surface area (Å²) in [4.78, 5) is 24.7. The Bertz CT molecular complexity index is 646. The molecule has 0 aromatic heterocycles. The number of likely N-dealkylation sites (tertiary alicyclic amines) is 1. The molecular weight excluding hydrogens is 372 g/mol. The van der Waals surface area contributed by atoms with Crippen LogP contribution in [0.15, 0.2) is 24.3 Å². The maximum atomic E-state index is 11.7. The molecule has 1 aliphatic heterocycles. The molecule has 1 aromatic rings. The molecule has 0 saturated carbocycles. The molecule has 1 fully saturated rings. The van der Waals surface area contributed by atoms with Crippen LogP contribution in [0.25, 0.3) is 0 Å². The number of benzene rings is 1. The van der Waals surface area contributed by atoms with E-state index in [-0.39, 0.29) is 12.5 Å². The van der Waals surface area contributed by atoms with E-state index < -0.39 is 11.6 Å². The van der Waals surface area contributed by atoms with Gasteiger partial charge in [-0.15, -0.1) is 0 Å². The Morgan fingerprint density at radius 2 is 1.83 bits per heavy atom. The van der Waals surface area contributed by atoms with Crippen LogP contribution in [0.2, 0.25) is 0 Å². The molecule has 162 valence electrons. The fourth-order valence-electron chi connectivity index (χ4n) is 3.25. The molecule has 0 atom stereocenters. The van der Waals surface area contributed by atoms with Crippen molar-refractivity contribution >= 4 is 12.1 Å². The van der Waals surface area contributed by atoms with Crippen LogP contribution in [0, 0.1) is 5.92 Å². The summed E-state index contributed by atoms with van der Waals surface area (Å²) < 4.78 is 11.1. The number of amides is 1. The zero-order chi connectivity index (χ0) is 21.3. The van der Waals surface area contributed by atoms with Crippen LogP contribution in [0.5, 0.6) is 5.75 Å². The normalized spacial score (nSPS) is 15.7. The molecule has 1 saturated heterocycles. The van der Waals surface area contributed by atoms with Crippen molar-refractivity contribution in [2.45, 2.75) is 52.1 Å². The molecule has 1 aliphatic rings. The van der Waals surface area contributed by atoms with Crippen molar-refractivity contribution in [1.82, 2.24) is 10.2 Å². The fourth-order valence-corrected chi connectivity index (χ4v) is 3.25. The summed E-state index contributed by atoms with van der Waals surface area (Å²) >= 11 is 0. The van der Waals surface area contributed by atoms with Crippen LogP contribution in [-0.4, -0.2) is 60.5 Å². The predicted molar refractivity (Wildman–Crippen MR) is 111 cm³/mol. The van der Waals surface area contributed by atoms with Crippen LogP contribution in [-0.2, 0) is 16.0 Å². The van der Waals surface area contributed by atoms with Gasteiger partial charge in [-0.3, -0.25) is 9.69 Å². The molecule has 1 aromatic carbocycles. The van der Waals surface area contributed by atoms with Gasteiger partial charge in [0.15, 0.2) is 0 Å². The smallest absolute Gasteiger partial charge is 0.407 e. The molecule has 0 aliphatic carbocycles. The van der Waals surface area contributed by atoms with E-state index in [0.29, 0.717) is 25.5 Å². The first-order valence-electron chi connectivity index (χ1n) is 10.3. The minimum Gasteiger partial charge on any atom is -0.492 e. The number of carbonyl (C=O) groups is 2. The Morgan fingerprint density at radius 1 is 1.17 bits per heavy atom. The van der Waals surface area contributed by atoms with Crippen LogP contribution in [0.4, 0.5) is 4.79 Å². The monoisotopic (exact) mass is 406 g/mol. The van der Waals surface area contributed by atoms with Crippen LogP contribution in [0.1, 0.15) is 45.6 Å². The SMILES string of the molecule is CC(C)(C)OC(=O)NCC1CCN(CCOc2ccc(CCC(=O)O)cc2)CC1. The summed E-state index contributed by atoms with van der Waals surface area (Å²) in [7, 11) is 0. The Morgan fingerprint density at radius 3 is 2.41 bits per heavy atom. The number of piperidine rings is 1. The van der Waals surface area contributed by atoms with Crippen LogP contribution in [0.3, 0.4) is 0 Å². The van der Waals surface area contributed by atoms with Crippen molar-refractivity contribution in [1.29, 1.82) is 0 Å². The maximum absolute atomic E-state index is 11.7. The molecule has 29 heavy (non-hydrogen) atoms. The lowest BCUT2D eigenvalue weighted by Gasteiger charge is -2.32.